The van der Waals surface area contributed by atoms with Crippen LogP contribution in [0.4, 0.5) is 0 Å². The highest BCUT2D eigenvalue weighted by atomic mass is 16.5. The zero-order valence-electron chi connectivity index (χ0n) is 11.5. The Hall–Kier alpha value is -1.35. The van der Waals surface area contributed by atoms with E-state index in [-0.39, 0.29) is 17.8 Å². The molecule has 0 saturated carbocycles. The van der Waals surface area contributed by atoms with Gasteiger partial charge in [0.2, 0.25) is 0 Å². The summed E-state index contributed by atoms with van der Waals surface area (Å²) in [4.78, 5) is 12.0. The molecule has 0 radical (unpaired) electrons. The molecule has 1 rings (SSSR count). The first-order valence-corrected chi connectivity index (χ1v) is 6.56. The first-order chi connectivity index (χ1) is 8.56. The van der Waals surface area contributed by atoms with Crippen molar-refractivity contribution in [2.45, 2.75) is 39.7 Å². The van der Waals surface area contributed by atoms with E-state index in [0.29, 0.717) is 13.0 Å². The van der Waals surface area contributed by atoms with Crippen LogP contribution in [0.15, 0.2) is 24.3 Å². The average molecular weight is 249 g/mol. The zero-order valence-corrected chi connectivity index (χ0v) is 11.5. The Kier molecular flexibility index (Phi) is 5.86. The summed E-state index contributed by atoms with van der Waals surface area (Å²) in [7, 11) is 0. The molecule has 0 amide bonds. The monoisotopic (exact) mass is 249 g/mol. The number of rotatable bonds is 7. The van der Waals surface area contributed by atoms with Crippen LogP contribution in [-0.4, -0.2) is 18.4 Å². The zero-order chi connectivity index (χ0) is 13.5. The van der Waals surface area contributed by atoms with Crippen molar-refractivity contribution >= 4 is 5.78 Å². The second kappa shape index (κ2) is 7.17. The van der Waals surface area contributed by atoms with E-state index in [1.165, 1.54) is 0 Å². The Morgan fingerprint density at radius 2 is 1.89 bits per heavy atom. The summed E-state index contributed by atoms with van der Waals surface area (Å²) in [6.45, 7) is 6.58. The van der Waals surface area contributed by atoms with E-state index in [9.17, 15) is 4.79 Å². The maximum Gasteiger partial charge on any atom is 0.163 e. The average Bonchev–Trinajstić information content (AvgIpc) is 2.35. The Labute approximate surface area is 109 Å². The van der Waals surface area contributed by atoms with Gasteiger partial charge in [0.15, 0.2) is 5.78 Å². The van der Waals surface area contributed by atoms with Crippen molar-refractivity contribution in [2.24, 2.45) is 11.7 Å². The molecule has 3 nitrogen and oxygen atoms in total. The summed E-state index contributed by atoms with van der Waals surface area (Å²) in [5, 5.41) is 0. The molecule has 100 valence electrons. The SMILES string of the molecule is CCC(CN)CC(=O)c1ccc(OC(C)C)cc1. The maximum absolute atomic E-state index is 12.0. The lowest BCUT2D eigenvalue weighted by atomic mass is 9.96. The van der Waals surface area contributed by atoms with Crippen molar-refractivity contribution in [3.8, 4) is 5.75 Å². The second-order valence-electron chi connectivity index (χ2n) is 4.83. The van der Waals surface area contributed by atoms with Gasteiger partial charge in [0.25, 0.3) is 0 Å². The van der Waals surface area contributed by atoms with E-state index in [1.807, 2.05) is 38.1 Å². The van der Waals surface area contributed by atoms with Crippen LogP contribution in [-0.2, 0) is 0 Å². The molecule has 1 aromatic carbocycles. The van der Waals surface area contributed by atoms with E-state index >= 15 is 0 Å². The largest absolute Gasteiger partial charge is 0.491 e. The van der Waals surface area contributed by atoms with Crippen LogP contribution in [0.5, 0.6) is 5.75 Å². The molecule has 0 heterocycles. The molecule has 0 aliphatic heterocycles. The maximum atomic E-state index is 12.0. The number of ketones is 1. The van der Waals surface area contributed by atoms with Gasteiger partial charge in [0.05, 0.1) is 6.10 Å². The molecule has 18 heavy (non-hydrogen) atoms. The minimum atomic E-state index is 0.147. The Bertz CT molecular complexity index is 367. The minimum Gasteiger partial charge on any atom is -0.491 e. The van der Waals surface area contributed by atoms with Crippen LogP contribution in [0.25, 0.3) is 0 Å². The molecule has 0 aromatic heterocycles. The highest BCUT2D eigenvalue weighted by molar-refractivity contribution is 5.96. The highest BCUT2D eigenvalue weighted by Crippen LogP contribution is 2.17. The fourth-order valence-electron chi connectivity index (χ4n) is 1.77. The third kappa shape index (κ3) is 4.49. The van der Waals surface area contributed by atoms with Gasteiger partial charge in [-0.15, -0.1) is 0 Å². The molecule has 0 spiro atoms. The number of hydrogen-bond donors (Lipinski definition) is 1. The van der Waals surface area contributed by atoms with Gasteiger partial charge in [-0.25, -0.2) is 0 Å². The van der Waals surface area contributed by atoms with Crippen LogP contribution in [0.1, 0.15) is 44.0 Å². The molecule has 0 aliphatic rings. The third-order valence-corrected chi connectivity index (χ3v) is 2.93. The van der Waals surface area contributed by atoms with E-state index in [1.54, 1.807) is 0 Å². The number of benzene rings is 1. The first kappa shape index (κ1) is 14.7. The second-order valence-corrected chi connectivity index (χ2v) is 4.83. The molecule has 1 aromatic rings. The Balaban J connectivity index is 2.64. The van der Waals surface area contributed by atoms with E-state index in [4.69, 9.17) is 10.5 Å². The van der Waals surface area contributed by atoms with Crippen molar-refractivity contribution in [1.29, 1.82) is 0 Å². The summed E-state index contributed by atoms with van der Waals surface area (Å²) in [6, 6.07) is 7.33. The van der Waals surface area contributed by atoms with Crippen molar-refractivity contribution in [1.82, 2.24) is 0 Å². The number of Topliss-reactive ketones (excluding diaryl/α,β-unsaturated/α-hetero) is 1. The molecular formula is C15H23NO2. The fraction of sp³-hybridized carbons (Fsp3) is 0.533. The number of hydrogen-bond acceptors (Lipinski definition) is 3. The summed E-state index contributed by atoms with van der Waals surface area (Å²) in [5.41, 5.74) is 6.35. The summed E-state index contributed by atoms with van der Waals surface area (Å²) in [5.74, 6) is 1.24. The molecule has 0 bridgehead atoms. The quantitative estimate of drug-likeness (QED) is 0.756. The molecule has 1 unspecified atom stereocenters. The van der Waals surface area contributed by atoms with Crippen molar-refractivity contribution in [2.75, 3.05) is 6.54 Å². The molecule has 1 atom stereocenters. The van der Waals surface area contributed by atoms with E-state index in [0.717, 1.165) is 17.7 Å². The fourth-order valence-corrected chi connectivity index (χ4v) is 1.77. The van der Waals surface area contributed by atoms with Crippen molar-refractivity contribution in [3.63, 3.8) is 0 Å². The van der Waals surface area contributed by atoms with Gasteiger partial charge >= 0.3 is 0 Å². The lowest BCUT2D eigenvalue weighted by Gasteiger charge is -2.12. The standard InChI is InChI=1S/C15H23NO2/c1-4-12(10-16)9-15(17)13-5-7-14(8-6-13)18-11(2)3/h5-8,11-12H,4,9-10,16H2,1-3H3. The van der Waals surface area contributed by atoms with Gasteiger partial charge in [-0.2, -0.15) is 0 Å². The third-order valence-electron chi connectivity index (χ3n) is 2.93. The van der Waals surface area contributed by atoms with Gasteiger partial charge in [-0.05, 0) is 50.6 Å². The van der Waals surface area contributed by atoms with Gasteiger partial charge in [0.1, 0.15) is 5.75 Å². The van der Waals surface area contributed by atoms with Crippen LogP contribution in [0, 0.1) is 5.92 Å². The Morgan fingerprint density at radius 3 is 2.33 bits per heavy atom. The van der Waals surface area contributed by atoms with E-state index < -0.39 is 0 Å². The van der Waals surface area contributed by atoms with Gasteiger partial charge in [-0.3, -0.25) is 4.79 Å². The van der Waals surface area contributed by atoms with Crippen LogP contribution in [0.3, 0.4) is 0 Å². The van der Waals surface area contributed by atoms with Gasteiger partial charge in [0, 0.05) is 12.0 Å². The molecule has 3 heteroatoms. The molecule has 0 aliphatic carbocycles. The number of nitrogens with two attached hydrogens (primary N) is 1. The molecule has 0 fully saturated rings. The first-order valence-electron chi connectivity index (χ1n) is 6.56. The van der Waals surface area contributed by atoms with E-state index in [2.05, 4.69) is 6.92 Å². The normalized spacial score (nSPS) is 12.5. The molecule has 2 N–H and O–H groups in total. The number of carbonyl (C=O) groups is 1. The topological polar surface area (TPSA) is 52.3 Å². The smallest absolute Gasteiger partial charge is 0.163 e. The molecule has 0 saturated heterocycles. The minimum absolute atomic E-state index is 0.147. The van der Waals surface area contributed by atoms with Crippen molar-refractivity contribution in [3.05, 3.63) is 29.8 Å². The van der Waals surface area contributed by atoms with Gasteiger partial charge in [-0.1, -0.05) is 13.3 Å². The van der Waals surface area contributed by atoms with Crippen molar-refractivity contribution < 1.29 is 9.53 Å². The van der Waals surface area contributed by atoms with Crippen LogP contribution in [0.2, 0.25) is 0 Å². The predicted molar refractivity (Wildman–Crippen MR) is 74.0 cm³/mol. The predicted octanol–water partition coefficient (Wildman–Crippen LogP) is 3.03. The lowest BCUT2D eigenvalue weighted by molar-refractivity contribution is 0.0961. The summed E-state index contributed by atoms with van der Waals surface area (Å²) >= 11 is 0. The Morgan fingerprint density at radius 1 is 1.28 bits per heavy atom. The van der Waals surface area contributed by atoms with Crippen LogP contribution < -0.4 is 10.5 Å². The van der Waals surface area contributed by atoms with Gasteiger partial charge < -0.3 is 10.5 Å². The lowest BCUT2D eigenvalue weighted by Crippen LogP contribution is -2.17. The van der Waals surface area contributed by atoms with Crippen LogP contribution >= 0.6 is 0 Å². The summed E-state index contributed by atoms with van der Waals surface area (Å²) in [6.07, 6.45) is 1.61. The number of carbonyl (C=O) groups excluding carboxylic acids is 1. The molecular weight excluding hydrogens is 226 g/mol. The summed E-state index contributed by atoms with van der Waals surface area (Å²) < 4.78 is 5.54. The number of ether oxygens (including phenoxy) is 1. The highest BCUT2D eigenvalue weighted by Gasteiger charge is 2.12.